The van der Waals surface area contributed by atoms with Gasteiger partial charge in [0.15, 0.2) is 0 Å². The van der Waals surface area contributed by atoms with E-state index in [1.165, 1.54) is 19.4 Å². The van der Waals surface area contributed by atoms with Crippen molar-refractivity contribution in [3.8, 4) is 0 Å². The van der Waals surface area contributed by atoms with Gasteiger partial charge in [0.25, 0.3) is 0 Å². The zero-order valence-corrected chi connectivity index (χ0v) is 9.98. The van der Waals surface area contributed by atoms with Crippen molar-refractivity contribution in [2.45, 2.75) is 32.2 Å². The molecule has 1 atom stereocenters. The van der Waals surface area contributed by atoms with Gasteiger partial charge in [0.2, 0.25) is 0 Å². The van der Waals surface area contributed by atoms with Gasteiger partial charge in [0.1, 0.15) is 0 Å². The molecule has 2 nitrogen and oxygen atoms in total. The quantitative estimate of drug-likeness (QED) is 0.778. The zero-order valence-electron chi connectivity index (χ0n) is 9.22. The number of halogens is 1. The van der Waals surface area contributed by atoms with Gasteiger partial charge in [-0.1, -0.05) is 24.6 Å². The number of hydrogen-bond donors (Lipinski definition) is 1. The van der Waals surface area contributed by atoms with Crippen molar-refractivity contribution in [2.75, 3.05) is 26.2 Å². The second kappa shape index (κ2) is 5.74. The third kappa shape index (κ3) is 3.60. The highest BCUT2D eigenvalue weighted by Crippen LogP contribution is 2.14. The molecule has 1 fully saturated rings. The molecular formula is C11H21ClN2. The first-order valence-corrected chi connectivity index (χ1v) is 5.86. The molecule has 0 spiro atoms. The van der Waals surface area contributed by atoms with Gasteiger partial charge >= 0.3 is 0 Å². The lowest BCUT2D eigenvalue weighted by molar-refractivity contribution is 0.232. The van der Waals surface area contributed by atoms with Crippen LogP contribution in [0.5, 0.6) is 0 Å². The van der Waals surface area contributed by atoms with Crippen LogP contribution in [0.4, 0.5) is 0 Å². The van der Waals surface area contributed by atoms with E-state index in [0.717, 1.165) is 19.6 Å². The Bertz CT molecular complexity index is 194. The van der Waals surface area contributed by atoms with Crippen molar-refractivity contribution in [1.29, 1.82) is 0 Å². The molecule has 1 aliphatic heterocycles. The van der Waals surface area contributed by atoms with Crippen molar-refractivity contribution >= 4 is 11.6 Å². The average molecular weight is 217 g/mol. The minimum atomic E-state index is 0.274. The van der Waals surface area contributed by atoms with Crippen LogP contribution in [-0.4, -0.2) is 36.6 Å². The number of nitrogens with zero attached hydrogens (tertiary/aromatic N) is 1. The van der Waals surface area contributed by atoms with Crippen LogP contribution < -0.4 is 5.32 Å². The van der Waals surface area contributed by atoms with E-state index in [-0.39, 0.29) is 5.54 Å². The molecule has 1 N–H and O–H groups in total. The maximum absolute atomic E-state index is 5.54. The van der Waals surface area contributed by atoms with Gasteiger partial charge in [-0.05, 0) is 32.9 Å². The van der Waals surface area contributed by atoms with Crippen LogP contribution >= 0.6 is 11.6 Å². The summed E-state index contributed by atoms with van der Waals surface area (Å²) >= 11 is 5.54. The van der Waals surface area contributed by atoms with Gasteiger partial charge in [-0.15, -0.1) is 0 Å². The van der Waals surface area contributed by atoms with E-state index >= 15 is 0 Å². The third-order valence-corrected chi connectivity index (χ3v) is 3.19. The van der Waals surface area contributed by atoms with Gasteiger partial charge in [-0.3, -0.25) is 4.90 Å². The molecule has 1 aliphatic rings. The molecule has 0 aromatic carbocycles. The molecule has 0 bridgehead atoms. The predicted octanol–water partition coefficient (Wildman–Crippen LogP) is 2.20. The molecule has 0 radical (unpaired) electrons. The van der Waals surface area contributed by atoms with Crippen molar-refractivity contribution in [3.05, 3.63) is 11.6 Å². The van der Waals surface area contributed by atoms with Crippen molar-refractivity contribution in [3.63, 3.8) is 0 Å². The molecule has 0 aromatic rings. The van der Waals surface area contributed by atoms with E-state index < -0.39 is 0 Å². The Morgan fingerprint density at radius 2 is 2.36 bits per heavy atom. The maximum Gasteiger partial charge on any atom is 0.0277 e. The van der Waals surface area contributed by atoms with E-state index in [0.29, 0.717) is 0 Å². The van der Waals surface area contributed by atoms with E-state index in [1.54, 1.807) is 5.54 Å². The Labute approximate surface area is 92.3 Å². The molecule has 1 unspecified atom stereocenters. The van der Waals surface area contributed by atoms with Crippen LogP contribution in [0, 0.1) is 0 Å². The molecule has 0 aromatic heterocycles. The lowest BCUT2D eigenvalue weighted by Crippen LogP contribution is -2.48. The van der Waals surface area contributed by atoms with E-state index in [2.05, 4.69) is 24.1 Å². The number of nitrogens with one attached hydrogen (secondary N) is 1. The van der Waals surface area contributed by atoms with Crippen LogP contribution in [0.2, 0.25) is 0 Å². The van der Waals surface area contributed by atoms with E-state index in [1.807, 2.05) is 6.08 Å². The summed E-state index contributed by atoms with van der Waals surface area (Å²) in [4.78, 5) is 2.46. The van der Waals surface area contributed by atoms with Gasteiger partial charge < -0.3 is 5.32 Å². The highest BCUT2D eigenvalue weighted by molar-refractivity contribution is 6.25. The van der Waals surface area contributed by atoms with Crippen LogP contribution in [0.25, 0.3) is 0 Å². The monoisotopic (exact) mass is 216 g/mol. The standard InChI is InChI=1S/C11H21ClN2/c1-3-11(2)10-14(8-4-6-12)9-5-7-13-11/h4,6,13H,3,5,7-10H2,1-2H3/b6-4+. The normalized spacial score (nSPS) is 30.8. The molecule has 82 valence electrons. The predicted molar refractivity (Wildman–Crippen MR) is 62.7 cm³/mol. The highest BCUT2D eigenvalue weighted by atomic mass is 35.5. The van der Waals surface area contributed by atoms with Crippen molar-refractivity contribution in [2.24, 2.45) is 0 Å². The summed E-state index contributed by atoms with van der Waals surface area (Å²) in [6.07, 6.45) is 4.42. The Hall–Kier alpha value is -0.0500. The smallest absolute Gasteiger partial charge is 0.0277 e. The Morgan fingerprint density at radius 3 is 3.00 bits per heavy atom. The summed E-state index contributed by atoms with van der Waals surface area (Å²) < 4.78 is 0. The number of hydrogen-bond acceptors (Lipinski definition) is 2. The molecule has 0 saturated carbocycles. The van der Waals surface area contributed by atoms with Gasteiger partial charge in [-0.2, -0.15) is 0 Å². The van der Waals surface area contributed by atoms with Gasteiger partial charge in [0.05, 0.1) is 0 Å². The SMILES string of the molecule is CCC1(C)CN(C/C=C/Cl)CCCN1. The Balaban J connectivity index is 2.51. The largest absolute Gasteiger partial charge is 0.310 e. The minimum Gasteiger partial charge on any atom is -0.310 e. The zero-order chi connectivity index (χ0) is 10.4. The van der Waals surface area contributed by atoms with Crippen LogP contribution in [0.1, 0.15) is 26.7 Å². The summed E-state index contributed by atoms with van der Waals surface area (Å²) in [5, 5.41) is 3.62. The molecule has 14 heavy (non-hydrogen) atoms. The minimum absolute atomic E-state index is 0.274. The summed E-state index contributed by atoms with van der Waals surface area (Å²) in [6, 6.07) is 0. The second-order valence-corrected chi connectivity index (χ2v) is 4.54. The summed E-state index contributed by atoms with van der Waals surface area (Å²) in [6.45, 7) is 8.93. The lowest BCUT2D eigenvalue weighted by atomic mass is 9.99. The molecule has 0 amide bonds. The molecule has 1 rings (SSSR count). The molecule has 1 saturated heterocycles. The van der Waals surface area contributed by atoms with Crippen LogP contribution in [0.15, 0.2) is 11.6 Å². The van der Waals surface area contributed by atoms with Crippen molar-refractivity contribution in [1.82, 2.24) is 10.2 Å². The fourth-order valence-electron chi connectivity index (χ4n) is 1.90. The molecule has 3 heteroatoms. The molecule has 0 aliphatic carbocycles. The third-order valence-electron chi connectivity index (χ3n) is 3.01. The van der Waals surface area contributed by atoms with Crippen LogP contribution in [0.3, 0.4) is 0 Å². The maximum atomic E-state index is 5.54. The Kier molecular flexibility index (Phi) is 4.93. The average Bonchev–Trinajstić information content (AvgIpc) is 2.38. The Morgan fingerprint density at radius 1 is 1.57 bits per heavy atom. The first kappa shape index (κ1) is 12.0. The van der Waals surface area contributed by atoms with Crippen LogP contribution in [-0.2, 0) is 0 Å². The number of rotatable bonds is 3. The first-order valence-electron chi connectivity index (χ1n) is 5.43. The molecule has 1 heterocycles. The van der Waals surface area contributed by atoms with Gasteiger partial charge in [-0.25, -0.2) is 0 Å². The molecular weight excluding hydrogens is 196 g/mol. The topological polar surface area (TPSA) is 15.3 Å². The summed E-state index contributed by atoms with van der Waals surface area (Å²) in [7, 11) is 0. The van der Waals surface area contributed by atoms with E-state index in [9.17, 15) is 0 Å². The second-order valence-electron chi connectivity index (χ2n) is 4.29. The fraction of sp³-hybridized carbons (Fsp3) is 0.818. The summed E-state index contributed by atoms with van der Waals surface area (Å²) in [5.74, 6) is 0. The fourth-order valence-corrected chi connectivity index (χ4v) is 1.98. The van der Waals surface area contributed by atoms with E-state index in [4.69, 9.17) is 11.6 Å². The lowest BCUT2D eigenvalue weighted by Gasteiger charge is -2.32. The first-order chi connectivity index (χ1) is 6.70. The summed E-state index contributed by atoms with van der Waals surface area (Å²) in [5.41, 5.74) is 1.89. The highest BCUT2D eigenvalue weighted by Gasteiger charge is 2.26. The van der Waals surface area contributed by atoms with Gasteiger partial charge in [0, 0.05) is 24.2 Å². The van der Waals surface area contributed by atoms with Crippen molar-refractivity contribution < 1.29 is 0 Å².